The van der Waals surface area contributed by atoms with Crippen molar-refractivity contribution in [2.45, 2.75) is 10.4 Å². The van der Waals surface area contributed by atoms with Gasteiger partial charge in [-0.1, -0.05) is 12.1 Å². The number of fused-ring (bicyclic) bond motifs is 1. The number of benzene rings is 1. The molecule has 0 fully saturated rings. The molecule has 0 atom stereocenters. The number of imide groups is 1. The number of thioether (sulfide) groups is 1. The number of aromatic nitrogens is 1. The highest BCUT2D eigenvalue weighted by Gasteiger charge is 2.34. The maximum Gasteiger partial charge on any atom is 0.446 e. The molecule has 0 saturated carbocycles. The fourth-order valence-electron chi connectivity index (χ4n) is 2.38. The molecule has 1 aliphatic rings. The van der Waals surface area contributed by atoms with Crippen LogP contribution in [0.4, 0.5) is 19.0 Å². The van der Waals surface area contributed by atoms with E-state index in [0.717, 1.165) is 10.6 Å². The Labute approximate surface area is 136 Å². The zero-order valence-electron chi connectivity index (χ0n) is 11.7. The molecule has 2 amide bonds. The second-order valence-electron chi connectivity index (χ2n) is 4.79. The predicted octanol–water partition coefficient (Wildman–Crippen LogP) is 1.92. The molecule has 1 aliphatic heterocycles. The SMILES string of the molecule is Nc1c2c(cc(=O)n1-c1ccccc1SC(F)(F)F)C(=O)NC2=O. The van der Waals surface area contributed by atoms with Gasteiger partial charge in [0.05, 0.1) is 16.8 Å². The number of nitrogens with one attached hydrogen (secondary N) is 1. The van der Waals surface area contributed by atoms with Crippen molar-refractivity contribution in [2.24, 2.45) is 0 Å². The van der Waals surface area contributed by atoms with Crippen LogP contribution in [0.3, 0.4) is 0 Å². The molecule has 124 valence electrons. The summed E-state index contributed by atoms with van der Waals surface area (Å²) in [5.41, 5.74) is -0.125. The maximum atomic E-state index is 12.7. The van der Waals surface area contributed by atoms with Gasteiger partial charge in [0.25, 0.3) is 17.4 Å². The summed E-state index contributed by atoms with van der Waals surface area (Å²) in [6, 6.07) is 6.13. The van der Waals surface area contributed by atoms with Gasteiger partial charge in [-0.25, -0.2) is 0 Å². The molecule has 3 N–H and O–H groups in total. The number of hydrogen-bond donors (Lipinski definition) is 2. The number of nitrogen functional groups attached to an aromatic ring is 1. The number of pyridine rings is 1. The minimum absolute atomic E-state index is 0.128. The molecule has 0 saturated heterocycles. The number of hydrogen-bond acceptors (Lipinski definition) is 5. The normalized spacial score (nSPS) is 13.8. The summed E-state index contributed by atoms with van der Waals surface area (Å²) in [4.78, 5) is 35.4. The second-order valence-corrected chi connectivity index (χ2v) is 5.90. The lowest BCUT2D eigenvalue weighted by Gasteiger charge is -2.16. The van der Waals surface area contributed by atoms with Crippen LogP contribution in [-0.2, 0) is 0 Å². The number of nitrogens with zero attached hydrogens (tertiary/aromatic N) is 1. The van der Waals surface area contributed by atoms with E-state index in [9.17, 15) is 27.6 Å². The second kappa shape index (κ2) is 5.41. The number of rotatable bonds is 2. The van der Waals surface area contributed by atoms with Gasteiger partial charge in [-0.3, -0.25) is 24.3 Å². The van der Waals surface area contributed by atoms with Crippen molar-refractivity contribution in [3.63, 3.8) is 0 Å². The Bertz CT molecular complexity index is 937. The van der Waals surface area contributed by atoms with Crippen LogP contribution in [0.2, 0.25) is 0 Å². The minimum Gasteiger partial charge on any atom is -0.384 e. The zero-order chi connectivity index (χ0) is 17.6. The fraction of sp³-hybridized carbons (Fsp3) is 0.0714. The highest BCUT2D eigenvalue weighted by atomic mass is 32.2. The van der Waals surface area contributed by atoms with Gasteiger partial charge >= 0.3 is 5.51 Å². The Hall–Kier alpha value is -2.75. The van der Waals surface area contributed by atoms with Gasteiger partial charge in [-0.2, -0.15) is 13.2 Å². The van der Waals surface area contributed by atoms with Crippen LogP contribution in [0.1, 0.15) is 20.7 Å². The first-order chi connectivity index (χ1) is 11.2. The van der Waals surface area contributed by atoms with Gasteiger partial charge in [0.1, 0.15) is 5.82 Å². The van der Waals surface area contributed by atoms with Gasteiger partial charge in [-0.15, -0.1) is 0 Å². The van der Waals surface area contributed by atoms with Crippen LogP contribution in [0.5, 0.6) is 0 Å². The average Bonchev–Trinajstić information content (AvgIpc) is 2.74. The third-order valence-electron chi connectivity index (χ3n) is 3.29. The quantitative estimate of drug-likeness (QED) is 0.634. The third kappa shape index (κ3) is 2.64. The van der Waals surface area contributed by atoms with Gasteiger partial charge < -0.3 is 5.73 Å². The number of alkyl halides is 3. The molecule has 2 aromatic rings. The highest BCUT2D eigenvalue weighted by Crippen LogP contribution is 2.40. The maximum absolute atomic E-state index is 12.7. The first-order valence-electron chi connectivity index (χ1n) is 6.45. The summed E-state index contributed by atoms with van der Waals surface area (Å²) in [6.07, 6.45) is 0. The number of nitrogens with two attached hydrogens (primary N) is 1. The molecule has 0 unspecified atom stereocenters. The van der Waals surface area contributed by atoms with Crippen molar-refractivity contribution >= 4 is 29.4 Å². The van der Waals surface area contributed by atoms with Crippen LogP contribution in [0.25, 0.3) is 5.69 Å². The van der Waals surface area contributed by atoms with Crippen molar-refractivity contribution < 1.29 is 22.8 Å². The van der Waals surface area contributed by atoms with Crippen molar-refractivity contribution in [1.82, 2.24) is 9.88 Å². The Balaban J connectivity index is 2.26. The molecule has 0 radical (unpaired) electrons. The van der Waals surface area contributed by atoms with Crippen molar-refractivity contribution in [1.29, 1.82) is 0 Å². The predicted molar refractivity (Wildman–Crippen MR) is 80.2 cm³/mol. The number of para-hydroxylation sites is 1. The van der Waals surface area contributed by atoms with Crippen LogP contribution < -0.4 is 16.6 Å². The monoisotopic (exact) mass is 355 g/mol. The van der Waals surface area contributed by atoms with E-state index in [4.69, 9.17) is 5.73 Å². The van der Waals surface area contributed by atoms with E-state index >= 15 is 0 Å². The van der Waals surface area contributed by atoms with Crippen LogP contribution >= 0.6 is 11.8 Å². The van der Waals surface area contributed by atoms with Crippen LogP contribution in [0, 0.1) is 0 Å². The minimum atomic E-state index is -4.57. The van der Waals surface area contributed by atoms with Gasteiger partial charge in [0.2, 0.25) is 0 Å². The Morgan fingerprint density at radius 1 is 1.08 bits per heavy atom. The van der Waals surface area contributed by atoms with Gasteiger partial charge in [0.15, 0.2) is 0 Å². The molecule has 24 heavy (non-hydrogen) atoms. The summed E-state index contributed by atoms with van der Waals surface area (Å²) < 4.78 is 38.9. The van der Waals surface area contributed by atoms with Crippen LogP contribution in [0.15, 0.2) is 40.0 Å². The number of carbonyl (C=O) groups excluding carboxylic acids is 2. The van der Waals surface area contributed by atoms with Gasteiger partial charge in [-0.05, 0) is 23.9 Å². The molecule has 0 aliphatic carbocycles. The molecular weight excluding hydrogens is 347 g/mol. The van der Waals surface area contributed by atoms with E-state index in [2.05, 4.69) is 0 Å². The van der Waals surface area contributed by atoms with E-state index in [0.29, 0.717) is 0 Å². The summed E-state index contributed by atoms with van der Waals surface area (Å²) in [5.74, 6) is -1.97. The van der Waals surface area contributed by atoms with Gasteiger partial charge in [0, 0.05) is 11.0 Å². The number of anilines is 1. The molecule has 1 aromatic carbocycles. The summed E-state index contributed by atoms with van der Waals surface area (Å²) >= 11 is -0.409. The van der Waals surface area contributed by atoms with E-state index < -0.39 is 40.5 Å². The van der Waals surface area contributed by atoms with E-state index in [1.165, 1.54) is 24.3 Å². The highest BCUT2D eigenvalue weighted by molar-refractivity contribution is 8.00. The van der Waals surface area contributed by atoms with Crippen molar-refractivity contribution in [3.05, 3.63) is 51.8 Å². The average molecular weight is 355 g/mol. The first kappa shape index (κ1) is 16.1. The molecular formula is C14H8F3N3O3S. The molecule has 2 heterocycles. The third-order valence-corrected chi connectivity index (χ3v) is 4.08. The molecule has 0 bridgehead atoms. The summed E-state index contributed by atoms with van der Waals surface area (Å²) in [5, 5.41) is 1.99. The Kier molecular flexibility index (Phi) is 3.63. The molecule has 1 aromatic heterocycles. The number of carbonyl (C=O) groups is 2. The van der Waals surface area contributed by atoms with Crippen molar-refractivity contribution in [2.75, 3.05) is 5.73 Å². The lowest BCUT2D eigenvalue weighted by Crippen LogP contribution is -2.24. The summed E-state index contributed by atoms with van der Waals surface area (Å²) in [7, 11) is 0. The zero-order valence-corrected chi connectivity index (χ0v) is 12.5. The largest absolute Gasteiger partial charge is 0.446 e. The first-order valence-corrected chi connectivity index (χ1v) is 7.27. The lowest BCUT2D eigenvalue weighted by atomic mass is 10.1. The smallest absolute Gasteiger partial charge is 0.384 e. The molecule has 0 spiro atoms. The van der Waals surface area contributed by atoms with E-state index in [1.54, 1.807) is 0 Å². The Morgan fingerprint density at radius 3 is 2.42 bits per heavy atom. The Morgan fingerprint density at radius 2 is 1.75 bits per heavy atom. The summed E-state index contributed by atoms with van der Waals surface area (Å²) in [6.45, 7) is 0. The lowest BCUT2D eigenvalue weighted by molar-refractivity contribution is -0.0328. The van der Waals surface area contributed by atoms with Crippen LogP contribution in [-0.4, -0.2) is 21.9 Å². The molecule has 10 heteroatoms. The van der Waals surface area contributed by atoms with E-state index in [-0.39, 0.29) is 21.7 Å². The molecule has 3 rings (SSSR count). The standard InChI is InChI=1S/C14H8F3N3O3S/c15-14(16,17)24-8-4-2-1-3-7(8)20-9(21)5-6-10(11(20)18)13(23)19-12(6)22/h1-5H,18H2,(H,19,22,23). The number of amides is 2. The van der Waals surface area contributed by atoms with Crippen molar-refractivity contribution in [3.8, 4) is 5.69 Å². The molecule has 6 nitrogen and oxygen atoms in total. The van der Waals surface area contributed by atoms with E-state index in [1.807, 2.05) is 5.32 Å². The topological polar surface area (TPSA) is 94.2 Å². The number of halogens is 3. The fourth-order valence-corrected chi connectivity index (χ4v) is 3.04.